The molecule has 2 rings (SSSR count). The Bertz CT molecular complexity index is 641. The van der Waals surface area contributed by atoms with E-state index in [1.807, 2.05) is 18.4 Å². The van der Waals surface area contributed by atoms with Crippen molar-refractivity contribution in [1.82, 2.24) is 4.98 Å². The fraction of sp³-hybridized carbons (Fsp3) is 0.0714. The van der Waals surface area contributed by atoms with E-state index in [1.54, 1.807) is 30.0 Å². The molecule has 1 aromatic carbocycles. The van der Waals surface area contributed by atoms with Gasteiger partial charge in [0.25, 0.3) is 5.91 Å². The number of hydrogen-bond acceptors (Lipinski definition) is 4. The molecular formula is C14H12N2O3S. The van der Waals surface area contributed by atoms with Crippen LogP contribution in [0.1, 0.15) is 20.8 Å². The zero-order valence-corrected chi connectivity index (χ0v) is 11.5. The number of thioether (sulfide) groups is 1. The Morgan fingerprint density at radius 1 is 1.20 bits per heavy atom. The number of hydrogen-bond donors (Lipinski definition) is 2. The van der Waals surface area contributed by atoms with Crippen LogP contribution in [-0.2, 0) is 0 Å². The minimum Gasteiger partial charge on any atom is -0.477 e. The highest BCUT2D eigenvalue weighted by molar-refractivity contribution is 7.98. The number of amides is 1. The maximum Gasteiger partial charge on any atom is 0.354 e. The molecule has 0 bridgehead atoms. The molecule has 0 spiro atoms. The van der Waals surface area contributed by atoms with Crippen LogP contribution >= 0.6 is 11.8 Å². The monoisotopic (exact) mass is 288 g/mol. The second kappa shape index (κ2) is 6.21. The van der Waals surface area contributed by atoms with Crippen LogP contribution in [0.5, 0.6) is 0 Å². The van der Waals surface area contributed by atoms with Crippen molar-refractivity contribution in [1.29, 1.82) is 0 Å². The van der Waals surface area contributed by atoms with Crippen molar-refractivity contribution in [2.24, 2.45) is 0 Å². The molecule has 0 atom stereocenters. The molecule has 0 aliphatic rings. The Hall–Kier alpha value is -2.34. The quantitative estimate of drug-likeness (QED) is 0.846. The lowest BCUT2D eigenvalue weighted by Gasteiger charge is -2.06. The standard InChI is InChI=1S/C14H12N2O3S/c1-20-11-4-2-9(3-5-11)13(17)16-10-6-7-15-12(8-10)14(18)19/h2-8H,1H3,(H,18,19)(H,15,16,17). The second-order valence-corrected chi connectivity index (χ2v) is 4.80. The molecule has 1 heterocycles. The number of carboxylic acid groups (broad SMARTS) is 1. The normalized spacial score (nSPS) is 10.1. The number of nitrogens with zero attached hydrogens (tertiary/aromatic N) is 1. The lowest BCUT2D eigenvalue weighted by molar-refractivity contribution is 0.0690. The summed E-state index contributed by atoms with van der Waals surface area (Å²) in [5, 5.41) is 11.5. The smallest absolute Gasteiger partial charge is 0.354 e. The Kier molecular flexibility index (Phi) is 4.37. The number of carbonyl (C=O) groups excluding carboxylic acids is 1. The summed E-state index contributed by atoms with van der Waals surface area (Å²) in [5.41, 5.74) is 0.799. The zero-order valence-electron chi connectivity index (χ0n) is 10.7. The Balaban J connectivity index is 2.14. The number of rotatable bonds is 4. The molecule has 0 radical (unpaired) electrons. The van der Waals surface area contributed by atoms with Gasteiger partial charge in [0.2, 0.25) is 0 Å². The third-order valence-electron chi connectivity index (χ3n) is 2.59. The Morgan fingerprint density at radius 2 is 1.90 bits per heavy atom. The van der Waals surface area contributed by atoms with E-state index in [-0.39, 0.29) is 11.6 Å². The maximum atomic E-state index is 12.0. The zero-order chi connectivity index (χ0) is 14.5. The van der Waals surface area contributed by atoms with Crippen LogP contribution in [0.15, 0.2) is 47.5 Å². The minimum atomic E-state index is -1.13. The summed E-state index contributed by atoms with van der Waals surface area (Å²) in [7, 11) is 0. The lowest BCUT2D eigenvalue weighted by Crippen LogP contribution is -2.12. The first-order chi connectivity index (χ1) is 9.60. The van der Waals surface area contributed by atoms with Crippen LogP contribution in [0, 0.1) is 0 Å². The van der Waals surface area contributed by atoms with Gasteiger partial charge in [0.1, 0.15) is 5.69 Å². The summed E-state index contributed by atoms with van der Waals surface area (Å²) in [4.78, 5) is 27.6. The highest BCUT2D eigenvalue weighted by atomic mass is 32.2. The fourth-order valence-electron chi connectivity index (χ4n) is 1.57. The molecule has 0 saturated heterocycles. The first kappa shape index (κ1) is 14.1. The highest BCUT2D eigenvalue weighted by Gasteiger charge is 2.09. The van der Waals surface area contributed by atoms with Crippen LogP contribution < -0.4 is 5.32 Å². The van der Waals surface area contributed by atoms with Crippen LogP contribution in [0.25, 0.3) is 0 Å². The summed E-state index contributed by atoms with van der Waals surface area (Å²) < 4.78 is 0. The topological polar surface area (TPSA) is 79.3 Å². The van der Waals surface area contributed by atoms with Gasteiger partial charge in [-0.15, -0.1) is 11.8 Å². The molecule has 102 valence electrons. The SMILES string of the molecule is CSc1ccc(C(=O)Nc2ccnc(C(=O)O)c2)cc1. The fourth-order valence-corrected chi connectivity index (χ4v) is 1.98. The van der Waals surface area contributed by atoms with Gasteiger partial charge in [0, 0.05) is 22.3 Å². The molecule has 0 unspecified atom stereocenters. The average molecular weight is 288 g/mol. The van der Waals surface area contributed by atoms with Gasteiger partial charge < -0.3 is 10.4 Å². The third-order valence-corrected chi connectivity index (χ3v) is 3.33. The Labute approximate surface area is 120 Å². The van der Waals surface area contributed by atoms with E-state index in [9.17, 15) is 9.59 Å². The lowest BCUT2D eigenvalue weighted by atomic mass is 10.2. The molecule has 0 aliphatic heterocycles. The maximum absolute atomic E-state index is 12.0. The summed E-state index contributed by atoms with van der Waals surface area (Å²) in [6.45, 7) is 0. The summed E-state index contributed by atoms with van der Waals surface area (Å²) >= 11 is 1.59. The van der Waals surface area contributed by atoms with Crippen molar-refractivity contribution in [2.45, 2.75) is 4.90 Å². The van der Waals surface area contributed by atoms with Crippen LogP contribution in [0.4, 0.5) is 5.69 Å². The average Bonchev–Trinajstić information content (AvgIpc) is 2.47. The molecule has 2 aromatic rings. The molecule has 0 saturated carbocycles. The molecule has 5 nitrogen and oxygen atoms in total. The van der Waals surface area contributed by atoms with E-state index in [2.05, 4.69) is 10.3 Å². The van der Waals surface area contributed by atoms with Crippen molar-refractivity contribution in [3.8, 4) is 0 Å². The van der Waals surface area contributed by atoms with Gasteiger partial charge in [-0.3, -0.25) is 4.79 Å². The van der Waals surface area contributed by atoms with Gasteiger partial charge in [0.15, 0.2) is 0 Å². The second-order valence-electron chi connectivity index (χ2n) is 3.92. The van der Waals surface area contributed by atoms with Crippen molar-refractivity contribution < 1.29 is 14.7 Å². The molecule has 0 aliphatic carbocycles. The van der Waals surface area contributed by atoms with E-state index in [0.29, 0.717) is 11.3 Å². The van der Waals surface area contributed by atoms with Crippen LogP contribution in [0.3, 0.4) is 0 Å². The molecule has 0 fully saturated rings. The number of carbonyl (C=O) groups is 2. The van der Waals surface area contributed by atoms with Gasteiger partial charge in [0.05, 0.1) is 0 Å². The van der Waals surface area contributed by atoms with E-state index in [4.69, 9.17) is 5.11 Å². The molecule has 2 N–H and O–H groups in total. The van der Waals surface area contributed by atoms with Crippen molar-refractivity contribution in [3.05, 3.63) is 53.9 Å². The largest absolute Gasteiger partial charge is 0.477 e. The van der Waals surface area contributed by atoms with Gasteiger partial charge in [-0.25, -0.2) is 9.78 Å². The molecular weight excluding hydrogens is 276 g/mol. The van der Waals surface area contributed by atoms with Crippen LogP contribution in [-0.4, -0.2) is 28.2 Å². The highest BCUT2D eigenvalue weighted by Crippen LogP contribution is 2.16. The summed E-state index contributed by atoms with van der Waals surface area (Å²) in [5.74, 6) is -1.43. The first-order valence-corrected chi connectivity index (χ1v) is 6.97. The number of anilines is 1. The van der Waals surface area contributed by atoms with E-state index in [1.165, 1.54) is 12.3 Å². The molecule has 6 heteroatoms. The van der Waals surface area contributed by atoms with Gasteiger partial charge >= 0.3 is 5.97 Å². The van der Waals surface area contributed by atoms with E-state index in [0.717, 1.165) is 4.90 Å². The van der Waals surface area contributed by atoms with E-state index < -0.39 is 5.97 Å². The predicted molar refractivity (Wildman–Crippen MR) is 77.4 cm³/mol. The van der Waals surface area contributed by atoms with Crippen LogP contribution in [0.2, 0.25) is 0 Å². The number of carboxylic acids is 1. The third kappa shape index (κ3) is 3.36. The van der Waals surface area contributed by atoms with Crippen molar-refractivity contribution in [2.75, 3.05) is 11.6 Å². The number of benzene rings is 1. The number of pyridine rings is 1. The number of aromatic nitrogens is 1. The summed E-state index contributed by atoms with van der Waals surface area (Å²) in [6.07, 6.45) is 3.30. The minimum absolute atomic E-state index is 0.111. The number of aromatic carboxylic acids is 1. The predicted octanol–water partition coefficient (Wildman–Crippen LogP) is 2.75. The van der Waals surface area contributed by atoms with Crippen molar-refractivity contribution >= 4 is 29.3 Å². The first-order valence-electron chi connectivity index (χ1n) is 5.75. The van der Waals surface area contributed by atoms with Gasteiger partial charge in [-0.2, -0.15) is 0 Å². The summed E-state index contributed by atoms with van der Waals surface area (Å²) in [6, 6.07) is 10.0. The van der Waals surface area contributed by atoms with Crippen molar-refractivity contribution in [3.63, 3.8) is 0 Å². The molecule has 1 amide bonds. The molecule has 1 aromatic heterocycles. The van der Waals surface area contributed by atoms with Gasteiger partial charge in [-0.05, 0) is 42.7 Å². The Morgan fingerprint density at radius 3 is 2.50 bits per heavy atom. The van der Waals surface area contributed by atoms with E-state index >= 15 is 0 Å². The molecule has 20 heavy (non-hydrogen) atoms. The number of nitrogens with one attached hydrogen (secondary N) is 1. The van der Waals surface area contributed by atoms with Gasteiger partial charge in [-0.1, -0.05) is 0 Å².